The molecule has 0 spiro atoms. The number of nitrogens with one attached hydrogen (secondary N) is 2. The predicted molar refractivity (Wildman–Crippen MR) is 99.5 cm³/mol. The molecule has 4 nitrogen and oxygen atoms in total. The van der Waals surface area contributed by atoms with Crippen molar-refractivity contribution in [3.05, 3.63) is 80.0 Å². The second-order valence-electron chi connectivity index (χ2n) is 5.68. The second kappa shape index (κ2) is 7.01. The summed E-state index contributed by atoms with van der Waals surface area (Å²) in [6.07, 6.45) is 0.488. The third-order valence-corrected chi connectivity index (χ3v) is 4.48. The Bertz CT molecular complexity index is 946. The van der Waals surface area contributed by atoms with Gasteiger partial charge in [0.2, 0.25) is 0 Å². The number of pyridine rings is 1. The lowest BCUT2D eigenvalue weighted by Crippen LogP contribution is -2.27. The molecule has 2 aromatic carbocycles. The Morgan fingerprint density at radius 3 is 2.67 bits per heavy atom. The molecule has 1 aromatic heterocycles. The van der Waals surface area contributed by atoms with Crippen LogP contribution < -0.4 is 10.9 Å². The van der Waals surface area contributed by atoms with Gasteiger partial charge in [0.25, 0.3) is 11.5 Å². The summed E-state index contributed by atoms with van der Waals surface area (Å²) in [4.78, 5) is 27.2. The van der Waals surface area contributed by atoms with Gasteiger partial charge in [0.15, 0.2) is 0 Å². The number of halogens is 1. The van der Waals surface area contributed by atoms with E-state index in [0.717, 1.165) is 20.9 Å². The molecule has 0 unspecified atom stereocenters. The summed E-state index contributed by atoms with van der Waals surface area (Å²) in [7, 11) is 0. The van der Waals surface area contributed by atoms with Gasteiger partial charge in [0.05, 0.1) is 5.52 Å². The van der Waals surface area contributed by atoms with Gasteiger partial charge in [-0.1, -0.05) is 34.1 Å². The minimum atomic E-state index is -0.143. The van der Waals surface area contributed by atoms with Gasteiger partial charge in [-0.2, -0.15) is 0 Å². The van der Waals surface area contributed by atoms with Crippen molar-refractivity contribution in [2.24, 2.45) is 0 Å². The van der Waals surface area contributed by atoms with Crippen LogP contribution in [-0.4, -0.2) is 17.4 Å². The number of fused-ring (bicyclic) bond motifs is 1. The van der Waals surface area contributed by atoms with Crippen molar-refractivity contribution < 1.29 is 4.79 Å². The van der Waals surface area contributed by atoms with Crippen LogP contribution in [0, 0.1) is 6.92 Å². The summed E-state index contributed by atoms with van der Waals surface area (Å²) in [6, 6.07) is 15.0. The lowest BCUT2D eigenvalue weighted by molar-refractivity contribution is 0.0954. The molecule has 5 heteroatoms. The van der Waals surface area contributed by atoms with E-state index < -0.39 is 0 Å². The minimum Gasteiger partial charge on any atom is -0.352 e. The Hall–Kier alpha value is -2.40. The van der Waals surface area contributed by atoms with E-state index in [1.165, 1.54) is 0 Å². The summed E-state index contributed by atoms with van der Waals surface area (Å²) < 4.78 is 0.928. The second-order valence-corrected chi connectivity index (χ2v) is 6.59. The molecule has 0 aliphatic heterocycles. The number of rotatable bonds is 4. The van der Waals surface area contributed by atoms with Crippen LogP contribution in [0.1, 0.15) is 21.5 Å². The van der Waals surface area contributed by atoms with Gasteiger partial charge in [-0.3, -0.25) is 9.59 Å². The van der Waals surface area contributed by atoms with E-state index in [0.29, 0.717) is 24.1 Å². The van der Waals surface area contributed by atoms with Crippen LogP contribution in [0.3, 0.4) is 0 Å². The van der Waals surface area contributed by atoms with Crippen molar-refractivity contribution >= 4 is 32.7 Å². The van der Waals surface area contributed by atoms with Gasteiger partial charge in [0.1, 0.15) is 0 Å². The number of hydrogen-bond donors (Lipinski definition) is 2. The van der Waals surface area contributed by atoms with Crippen molar-refractivity contribution in [2.75, 3.05) is 6.54 Å². The molecule has 0 aliphatic carbocycles. The first-order valence-electron chi connectivity index (χ1n) is 7.70. The molecule has 2 N–H and O–H groups in total. The number of H-pyrrole nitrogens is 1. The van der Waals surface area contributed by atoms with Gasteiger partial charge in [0, 0.05) is 22.1 Å². The molecule has 122 valence electrons. The Morgan fingerprint density at radius 2 is 1.92 bits per heavy atom. The zero-order chi connectivity index (χ0) is 17.1. The number of aromatic amines is 1. The van der Waals surface area contributed by atoms with E-state index in [1.54, 1.807) is 12.1 Å². The fourth-order valence-electron chi connectivity index (χ4n) is 2.63. The van der Waals surface area contributed by atoms with E-state index >= 15 is 0 Å². The summed E-state index contributed by atoms with van der Waals surface area (Å²) in [5.74, 6) is -0.143. The average molecular weight is 385 g/mol. The maximum atomic E-state index is 12.2. The van der Waals surface area contributed by atoms with Crippen molar-refractivity contribution in [3.63, 3.8) is 0 Å². The standard InChI is InChI=1S/C19H17BrN2O2/c1-12-3-2-4-14-11-15(19(24)22-17(12)14)9-10-21-18(23)13-5-7-16(20)8-6-13/h2-8,11H,9-10H2,1H3,(H,21,23)(H,22,24). The third-order valence-electron chi connectivity index (χ3n) is 3.95. The monoisotopic (exact) mass is 384 g/mol. The summed E-state index contributed by atoms with van der Waals surface area (Å²) in [5.41, 5.74) is 3.07. The summed E-state index contributed by atoms with van der Waals surface area (Å²) >= 11 is 3.34. The Morgan fingerprint density at radius 1 is 1.17 bits per heavy atom. The molecule has 0 atom stereocenters. The molecule has 0 fully saturated rings. The van der Waals surface area contributed by atoms with E-state index in [1.807, 2.05) is 43.3 Å². The molecular formula is C19H17BrN2O2. The van der Waals surface area contributed by atoms with Crippen molar-refractivity contribution in [1.82, 2.24) is 10.3 Å². The van der Waals surface area contributed by atoms with Gasteiger partial charge in [-0.05, 0) is 54.6 Å². The maximum absolute atomic E-state index is 12.2. The molecule has 3 rings (SSSR count). The Kier molecular flexibility index (Phi) is 4.81. The Balaban J connectivity index is 1.69. The first-order valence-corrected chi connectivity index (χ1v) is 8.49. The fraction of sp³-hybridized carbons (Fsp3) is 0.158. The highest BCUT2D eigenvalue weighted by molar-refractivity contribution is 9.10. The zero-order valence-electron chi connectivity index (χ0n) is 13.2. The maximum Gasteiger partial charge on any atom is 0.251 e. The first-order chi connectivity index (χ1) is 11.5. The van der Waals surface area contributed by atoms with Crippen LogP contribution in [-0.2, 0) is 6.42 Å². The first kappa shape index (κ1) is 16.5. The van der Waals surface area contributed by atoms with Crippen molar-refractivity contribution in [2.45, 2.75) is 13.3 Å². The van der Waals surface area contributed by atoms with Crippen LogP contribution in [0.15, 0.2) is 57.8 Å². The van der Waals surface area contributed by atoms with Crippen molar-refractivity contribution in [1.29, 1.82) is 0 Å². The SMILES string of the molecule is Cc1cccc2cc(CCNC(=O)c3ccc(Br)cc3)c(=O)[nH]c12. The number of carbonyl (C=O) groups excluding carboxylic acids is 1. The lowest BCUT2D eigenvalue weighted by atomic mass is 10.1. The van der Waals surface area contributed by atoms with Crippen LogP contribution >= 0.6 is 15.9 Å². The number of para-hydroxylation sites is 1. The summed E-state index contributed by atoms with van der Waals surface area (Å²) in [6.45, 7) is 2.38. The van der Waals surface area contributed by atoms with E-state index in [2.05, 4.69) is 26.2 Å². The van der Waals surface area contributed by atoms with Crippen LogP contribution in [0.4, 0.5) is 0 Å². The highest BCUT2D eigenvalue weighted by Gasteiger charge is 2.07. The number of aromatic nitrogens is 1. The van der Waals surface area contributed by atoms with E-state index in [-0.39, 0.29) is 11.5 Å². The molecular weight excluding hydrogens is 368 g/mol. The smallest absolute Gasteiger partial charge is 0.251 e. The zero-order valence-corrected chi connectivity index (χ0v) is 14.8. The molecule has 0 saturated carbocycles. The molecule has 0 radical (unpaired) electrons. The lowest BCUT2D eigenvalue weighted by Gasteiger charge is -2.07. The molecule has 24 heavy (non-hydrogen) atoms. The Labute approximate surface area is 148 Å². The number of hydrogen-bond acceptors (Lipinski definition) is 2. The van der Waals surface area contributed by atoms with Crippen LogP contribution in [0.5, 0.6) is 0 Å². The highest BCUT2D eigenvalue weighted by Crippen LogP contribution is 2.15. The van der Waals surface area contributed by atoms with E-state index in [9.17, 15) is 9.59 Å². The molecule has 1 heterocycles. The van der Waals surface area contributed by atoms with Gasteiger partial charge in [-0.15, -0.1) is 0 Å². The minimum absolute atomic E-state index is 0.102. The predicted octanol–water partition coefficient (Wildman–Crippen LogP) is 3.57. The average Bonchev–Trinajstić information content (AvgIpc) is 2.57. The third kappa shape index (κ3) is 3.57. The van der Waals surface area contributed by atoms with Crippen molar-refractivity contribution in [3.8, 4) is 0 Å². The topological polar surface area (TPSA) is 62.0 Å². The van der Waals surface area contributed by atoms with Gasteiger partial charge < -0.3 is 10.3 Å². The molecule has 0 bridgehead atoms. The quantitative estimate of drug-likeness (QED) is 0.721. The number of amides is 1. The normalized spacial score (nSPS) is 10.8. The fourth-order valence-corrected chi connectivity index (χ4v) is 2.89. The highest BCUT2D eigenvalue weighted by atomic mass is 79.9. The molecule has 0 aliphatic rings. The largest absolute Gasteiger partial charge is 0.352 e. The number of benzene rings is 2. The number of carbonyl (C=O) groups is 1. The molecule has 3 aromatic rings. The summed E-state index contributed by atoms with van der Waals surface area (Å²) in [5, 5.41) is 3.85. The van der Waals surface area contributed by atoms with E-state index in [4.69, 9.17) is 0 Å². The molecule has 0 saturated heterocycles. The van der Waals surface area contributed by atoms with Crippen LogP contribution in [0.25, 0.3) is 10.9 Å². The van der Waals surface area contributed by atoms with Gasteiger partial charge >= 0.3 is 0 Å². The van der Waals surface area contributed by atoms with Gasteiger partial charge in [-0.25, -0.2) is 0 Å². The number of aryl methyl sites for hydroxylation is 1. The molecule has 1 amide bonds. The van der Waals surface area contributed by atoms with Crippen LogP contribution in [0.2, 0.25) is 0 Å².